The molecule has 0 bridgehead atoms. The van der Waals surface area contributed by atoms with E-state index < -0.39 is 37.0 Å². The Balaban J connectivity index is 1.74. The van der Waals surface area contributed by atoms with Crippen LogP contribution in [-0.4, -0.2) is 41.9 Å². The lowest BCUT2D eigenvalue weighted by Gasteiger charge is -2.16. The third kappa shape index (κ3) is 4.68. The molecule has 0 atom stereocenters. The fourth-order valence-corrected chi connectivity index (χ4v) is 2.94. The van der Waals surface area contributed by atoms with Gasteiger partial charge < -0.3 is 10.1 Å². The summed E-state index contributed by atoms with van der Waals surface area (Å²) in [6.07, 6.45) is -4.57. The zero-order chi connectivity index (χ0) is 21.3. The van der Waals surface area contributed by atoms with Gasteiger partial charge in [-0.1, -0.05) is 23.2 Å². The lowest BCUT2D eigenvalue weighted by atomic mass is 10.1. The second-order valence-corrected chi connectivity index (χ2v) is 6.77. The van der Waals surface area contributed by atoms with E-state index in [1.165, 1.54) is 24.3 Å². The van der Waals surface area contributed by atoms with Gasteiger partial charge in [0.05, 0.1) is 16.8 Å². The number of aryl methyl sites for hydroxylation is 1. The van der Waals surface area contributed by atoms with Gasteiger partial charge in [-0.05, 0) is 37.3 Å². The van der Waals surface area contributed by atoms with Crippen LogP contribution in [0.2, 0.25) is 5.02 Å². The molecule has 1 aliphatic heterocycles. The van der Waals surface area contributed by atoms with Crippen molar-refractivity contribution < 1.29 is 32.3 Å². The molecule has 3 rings (SSSR count). The lowest BCUT2D eigenvalue weighted by molar-refractivity contribution is -0.153. The van der Waals surface area contributed by atoms with Gasteiger partial charge in [0.25, 0.3) is 11.8 Å². The minimum Gasteiger partial charge on any atom is -0.482 e. The molecule has 0 aromatic heterocycles. The molecule has 1 N–H and O–H groups in total. The summed E-state index contributed by atoms with van der Waals surface area (Å²) in [5, 5.41) is 2.48. The summed E-state index contributed by atoms with van der Waals surface area (Å²) in [6.45, 7) is -0.416. The van der Waals surface area contributed by atoms with Crippen LogP contribution < -0.4 is 10.1 Å². The average molecular weight is 427 g/mol. The van der Waals surface area contributed by atoms with Crippen molar-refractivity contribution in [2.24, 2.45) is 0 Å². The van der Waals surface area contributed by atoms with Gasteiger partial charge >= 0.3 is 6.18 Å². The summed E-state index contributed by atoms with van der Waals surface area (Å²) >= 11 is 5.83. The standard InChI is InChI=1S/C19H14ClF3N2O4/c1-10-2-4-12-13(6-10)18(28)25(17(12)27)8-16(26)24-14-7-11(20)3-5-15(14)29-9-19(21,22)23/h2-7H,8-9H2,1H3,(H,24,26). The average Bonchev–Trinajstić information content (AvgIpc) is 2.84. The SMILES string of the molecule is Cc1ccc2c(c1)C(=O)N(CC(=O)Nc1cc(Cl)ccc1OCC(F)(F)F)C2=O. The predicted molar refractivity (Wildman–Crippen MR) is 98.2 cm³/mol. The minimum absolute atomic E-state index is 0.112. The number of carbonyl (C=O) groups is 3. The van der Waals surface area contributed by atoms with Crippen LogP contribution in [0, 0.1) is 6.92 Å². The smallest absolute Gasteiger partial charge is 0.422 e. The molecule has 0 unspecified atom stereocenters. The number of hydrogen-bond acceptors (Lipinski definition) is 4. The van der Waals surface area contributed by atoms with Crippen molar-refractivity contribution in [3.8, 4) is 5.75 Å². The molecule has 152 valence electrons. The molecular weight excluding hydrogens is 413 g/mol. The fraction of sp³-hybridized carbons (Fsp3) is 0.211. The van der Waals surface area contributed by atoms with Crippen LogP contribution in [0.15, 0.2) is 36.4 Å². The van der Waals surface area contributed by atoms with E-state index in [9.17, 15) is 27.6 Å². The quantitative estimate of drug-likeness (QED) is 0.737. The Bertz CT molecular complexity index is 1010. The number of alkyl halides is 3. The molecule has 1 aliphatic rings. The molecule has 29 heavy (non-hydrogen) atoms. The zero-order valence-electron chi connectivity index (χ0n) is 15.0. The summed E-state index contributed by atoms with van der Waals surface area (Å²) < 4.78 is 41.9. The maximum Gasteiger partial charge on any atom is 0.422 e. The molecular formula is C19H14ClF3N2O4. The van der Waals surface area contributed by atoms with Crippen LogP contribution in [0.4, 0.5) is 18.9 Å². The molecule has 6 nitrogen and oxygen atoms in total. The third-order valence-electron chi connectivity index (χ3n) is 4.03. The number of amides is 3. The molecule has 10 heteroatoms. The van der Waals surface area contributed by atoms with Gasteiger partial charge in [0.15, 0.2) is 6.61 Å². The van der Waals surface area contributed by atoms with Crippen molar-refractivity contribution in [3.05, 3.63) is 58.1 Å². The number of nitrogens with one attached hydrogen (secondary N) is 1. The number of benzene rings is 2. The Morgan fingerprint density at radius 2 is 1.79 bits per heavy atom. The Hall–Kier alpha value is -3.07. The highest BCUT2D eigenvalue weighted by Gasteiger charge is 2.36. The van der Waals surface area contributed by atoms with Crippen molar-refractivity contribution in [2.45, 2.75) is 13.1 Å². The molecule has 2 aromatic carbocycles. The first kappa shape index (κ1) is 20.7. The predicted octanol–water partition coefficient (Wildman–Crippen LogP) is 3.82. The third-order valence-corrected chi connectivity index (χ3v) is 4.27. The number of anilines is 1. The summed E-state index contributed by atoms with van der Waals surface area (Å²) in [4.78, 5) is 38.0. The monoisotopic (exact) mass is 426 g/mol. The van der Waals surface area contributed by atoms with Gasteiger partial charge in [-0.3, -0.25) is 19.3 Å². The Labute approximate surface area is 168 Å². The summed E-state index contributed by atoms with van der Waals surface area (Å²) in [7, 11) is 0. The number of halogens is 4. The Morgan fingerprint density at radius 1 is 1.10 bits per heavy atom. The summed E-state index contributed by atoms with van der Waals surface area (Å²) in [5.74, 6) is -2.29. The number of fused-ring (bicyclic) bond motifs is 1. The van der Waals surface area contributed by atoms with E-state index in [0.717, 1.165) is 10.5 Å². The molecule has 2 aromatic rings. The van der Waals surface area contributed by atoms with E-state index in [0.29, 0.717) is 0 Å². The van der Waals surface area contributed by atoms with E-state index in [4.69, 9.17) is 11.6 Å². The number of imide groups is 1. The molecule has 0 radical (unpaired) electrons. The number of nitrogens with zero attached hydrogens (tertiary/aromatic N) is 1. The normalized spacial score (nSPS) is 13.5. The number of ether oxygens (including phenoxy) is 1. The second-order valence-electron chi connectivity index (χ2n) is 6.34. The molecule has 0 saturated carbocycles. The van der Waals surface area contributed by atoms with E-state index in [-0.39, 0.29) is 27.6 Å². The van der Waals surface area contributed by atoms with Gasteiger partial charge in [0.2, 0.25) is 5.91 Å². The summed E-state index contributed by atoms with van der Waals surface area (Å²) in [6, 6.07) is 8.40. The topological polar surface area (TPSA) is 75.7 Å². The van der Waals surface area contributed by atoms with Crippen molar-refractivity contribution in [1.82, 2.24) is 4.90 Å². The first-order valence-electron chi connectivity index (χ1n) is 8.31. The van der Waals surface area contributed by atoms with Crippen molar-refractivity contribution in [1.29, 1.82) is 0 Å². The molecule has 3 amide bonds. The first-order valence-corrected chi connectivity index (χ1v) is 8.69. The fourth-order valence-electron chi connectivity index (χ4n) is 2.77. The van der Waals surface area contributed by atoms with Crippen LogP contribution in [0.3, 0.4) is 0 Å². The highest BCUT2D eigenvalue weighted by molar-refractivity contribution is 6.31. The van der Waals surface area contributed by atoms with Crippen LogP contribution in [0.5, 0.6) is 5.75 Å². The zero-order valence-corrected chi connectivity index (χ0v) is 15.7. The maximum atomic E-state index is 12.4. The highest BCUT2D eigenvalue weighted by Crippen LogP contribution is 2.30. The first-order chi connectivity index (χ1) is 13.5. The van der Waals surface area contributed by atoms with Gasteiger partial charge in [-0.25, -0.2) is 0 Å². The molecule has 0 saturated heterocycles. The van der Waals surface area contributed by atoms with E-state index in [1.807, 2.05) is 0 Å². The lowest BCUT2D eigenvalue weighted by Crippen LogP contribution is -2.37. The van der Waals surface area contributed by atoms with Crippen LogP contribution in [-0.2, 0) is 4.79 Å². The largest absolute Gasteiger partial charge is 0.482 e. The van der Waals surface area contributed by atoms with Crippen molar-refractivity contribution >= 4 is 35.0 Å². The number of rotatable bonds is 5. The molecule has 0 spiro atoms. The maximum absolute atomic E-state index is 12.4. The minimum atomic E-state index is -4.57. The van der Waals surface area contributed by atoms with Crippen LogP contribution in [0.25, 0.3) is 0 Å². The van der Waals surface area contributed by atoms with Crippen LogP contribution >= 0.6 is 11.6 Å². The van der Waals surface area contributed by atoms with Gasteiger partial charge in [0, 0.05) is 5.02 Å². The summed E-state index contributed by atoms with van der Waals surface area (Å²) in [5.41, 5.74) is 1.05. The van der Waals surface area contributed by atoms with E-state index in [1.54, 1.807) is 19.1 Å². The van der Waals surface area contributed by atoms with E-state index in [2.05, 4.69) is 10.1 Å². The van der Waals surface area contributed by atoms with Gasteiger partial charge in [0.1, 0.15) is 12.3 Å². The highest BCUT2D eigenvalue weighted by atomic mass is 35.5. The van der Waals surface area contributed by atoms with Crippen molar-refractivity contribution in [3.63, 3.8) is 0 Å². The number of hydrogen-bond donors (Lipinski definition) is 1. The number of carbonyl (C=O) groups excluding carboxylic acids is 3. The van der Waals surface area contributed by atoms with Crippen molar-refractivity contribution in [2.75, 3.05) is 18.5 Å². The molecule has 0 fully saturated rings. The Kier molecular flexibility index (Phi) is 5.52. The van der Waals surface area contributed by atoms with Gasteiger partial charge in [-0.15, -0.1) is 0 Å². The molecule has 0 aliphatic carbocycles. The van der Waals surface area contributed by atoms with Gasteiger partial charge in [-0.2, -0.15) is 13.2 Å². The molecule has 1 heterocycles. The van der Waals surface area contributed by atoms with E-state index >= 15 is 0 Å². The second kappa shape index (κ2) is 7.75. The Morgan fingerprint density at radius 3 is 2.48 bits per heavy atom. The van der Waals surface area contributed by atoms with Crippen LogP contribution in [0.1, 0.15) is 26.3 Å².